The van der Waals surface area contributed by atoms with Crippen molar-refractivity contribution in [2.24, 2.45) is 0 Å². The molecule has 0 spiro atoms. The molecule has 0 saturated heterocycles. The quantitative estimate of drug-likeness (QED) is 0.207. The van der Waals surface area contributed by atoms with E-state index < -0.39 is 0 Å². The largest absolute Gasteiger partial charge is 0.0925 e. The number of fused-ring (bicyclic) bond motifs is 6. The maximum absolute atomic E-state index is 3.19. The van der Waals surface area contributed by atoms with Crippen molar-refractivity contribution < 1.29 is 0 Å². The minimum Gasteiger partial charge on any atom is -0.0925 e. The number of benzene rings is 4. The van der Waals surface area contributed by atoms with Crippen LogP contribution in [0.1, 0.15) is 18.1 Å². The Labute approximate surface area is 153 Å². The smallest absolute Gasteiger partial charge is 0.00809 e. The number of rotatable bonds is 0. The van der Waals surface area contributed by atoms with Gasteiger partial charge >= 0.3 is 0 Å². The lowest BCUT2D eigenvalue weighted by Crippen LogP contribution is -1.86. The average Bonchev–Trinajstić information content (AvgIpc) is 3.09. The van der Waals surface area contributed by atoms with Crippen molar-refractivity contribution >= 4 is 38.4 Å². The van der Waals surface area contributed by atoms with Crippen molar-refractivity contribution in [2.75, 3.05) is 0 Å². The molecule has 4 aromatic carbocycles. The van der Waals surface area contributed by atoms with Crippen LogP contribution in [0.5, 0.6) is 0 Å². The standard InChI is InChI=1S/C26H16/c1-2-3-4-7-18-14-21-10-12-24-23(25(21)15-18)13-11-22-16-19-8-5-6-9-20(19)17-26(22)24/h5-6,8-13,15-17H,14H2,1H3. The fraction of sp³-hybridized carbons (Fsp3) is 0.0769. The lowest BCUT2D eigenvalue weighted by Gasteiger charge is -2.09. The third kappa shape index (κ3) is 2.28. The van der Waals surface area contributed by atoms with Gasteiger partial charge < -0.3 is 0 Å². The second kappa shape index (κ2) is 5.80. The Morgan fingerprint density at radius 2 is 1.54 bits per heavy atom. The minimum atomic E-state index is 0.902. The monoisotopic (exact) mass is 328 g/mol. The van der Waals surface area contributed by atoms with E-state index in [2.05, 4.69) is 90.4 Å². The SMILES string of the molecule is CC#CC#CC1=Cc2c(ccc3c2ccc2cc4ccccc4cc23)C1. The summed E-state index contributed by atoms with van der Waals surface area (Å²) >= 11 is 0. The Morgan fingerprint density at radius 1 is 0.731 bits per heavy atom. The first-order valence-corrected chi connectivity index (χ1v) is 8.84. The second-order valence-electron chi connectivity index (χ2n) is 6.69. The number of allylic oxidation sites excluding steroid dienone is 1. The van der Waals surface area contributed by atoms with E-state index in [0.29, 0.717) is 0 Å². The molecule has 0 heterocycles. The van der Waals surface area contributed by atoms with Gasteiger partial charge in [-0.3, -0.25) is 0 Å². The van der Waals surface area contributed by atoms with E-state index >= 15 is 0 Å². The highest BCUT2D eigenvalue weighted by Gasteiger charge is 2.15. The Kier molecular flexibility index (Phi) is 3.31. The molecule has 0 heteroatoms. The molecular weight excluding hydrogens is 312 g/mol. The summed E-state index contributed by atoms with van der Waals surface area (Å²) in [5.74, 6) is 11.8. The van der Waals surface area contributed by atoms with Crippen LogP contribution in [0, 0.1) is 23.7 Å². The van der Waals surface area contributed by atoms with Crippen LogP contribution in [-0.2, 0) is 6.42 Å². The molecular formula is C26H16. The maximum atomic E-state index is 3.19. The van der Waals surface area contributed by atoms with E-state index in [0.717, 1.165) is 12.0 Å². The normalized spacial score (nSPS) is 12.3. The van der Waals surface area contributed by atoms with Gasteiger partial charge in [0, 0.05) is 12.0 Å². The van der Waals surface area contributed by atoms with Crippen molar-refractivity contribution in [1.82, 2.24) is 0 Å². The predicted octanol–water partition coefficient (Wildman–Crippen LogP) is 6.11. The summed E-state index contributed by atoms with van der Waals surface area (Å²) in [6.45, 7) is 1.81. The Hall–Kier alpha value is -3.48. The zero-order valence-corrected chi connectivity index (χ0v) is 14.6. The van der Waals surface area contributed by atoms with Gasteiger partial charge in [-0.05, 0) is 80.4 Å². The van der Waals surface area contributed by atoms with Crippen LogP contribution in [0.4, 0.5) is 0 Å². The van der Waals surface area contributed by atoms with E-state index in [1.807, 2.05) is 6.92 Å². The number of hydrogen-bond acceptors (Lipinski definition) is 0. The van der Waals surface area contributed by atoms with Crippen LogP contribution < -0.4 is 0 Å². The Bertz CT molecular complexity index is 1360. The molecule has 120 valence electrons. The third-order valence-corrected chi connectivity index (χ3v) is 5.13. The lowest BCUT2D eigenvalue weighted by molar-refractivity contribution is 1.27. The van der Waals surface area contributed by atoms with Crippen LogP contribution >= 0.6 is 0 Å². The van der Waals surface area contributed by atoms with Crippen LogP contribution in [0.15, 0.2) is 66.2 Å². The first-order chi connectivity index (χ1) is 12.8. The summed E-state index contributed by atoms with van der Waals surface area (Å²) in [7, 11) is 0. The van der Waals surface area contributed by atoms with E-state index in [-0.39, 0.29) is 0 Å². The van der Waals surface area contributed by atoms with E-state index in [1.165, 1.54) is 43.4 Å². The zero-order chi connectivity index (χ0) is 17.5. The number of hydrogen-bond donors (Lipinski definition) is 0. The summed E-state index contributed by atoms with van der Waals surface area (Å²) in [4.78, 5) is 0. The van der Waals surface area contributed by atoms with Gasteiger partial charge in [-0.2, -0.15) is 0 Å². The van der Waals surface area contributed by atoms with Gasteiger partial charge in [0.05, 0.1) is 0 Å². The fourth-order valence-corrected chi connectivity index (χ4v) is 3.91. The molecule has 4 aromatic rings. The average molecular weight is 328 g/mol. The van der Waals surface area contributed by atoms with Crippen LogP contribution in [0.2, 0.25) is 0 Å². The first kappa shape index (κ1) is 14.8. The van der Waals surface area contributed by atoms with Crippen LogP contribution in [0.25, 0.3) is 38.4 Å². The molecule has 0 saturated carbocycles. The zero-order valence-electron chi connectivity index (χ0n) is 14.6. The van der Waals surface area contributed by atoms with Gasteiger partial charge in [-0.1, -0.05) is 60.4 Å². The van der Waals surface area contributed by atoms with Gasteiger partial charge in [-0.25, -0.2) is 0 Å². The first-order valence-electron chi connectivity index (χ1n) is 8.84. The maximum Gasteiger partial charge on any atom is 0.00809 e. The topological polar surface area (TPSA) is 0 Å². The summed E-state index contributed by atoms with van der Waals surface area (Å²) in [5, 5.41) is 7.79. The highest BCUT2D eigenvalue weighted by atomic mass is 14.2. The van der Waals surface area contributed by atoms with Crippen molar-refractivity contribution in [3.8, 4) is 23.7 Å². The molecule has 0 radical (unpaired) electrons. The molecule has 0 aromatic heterocycles. The van der Waals surface area contributed by atoms with Gasteiger partial charge in [0.1, 0.15) is 0 Å². The molecule has 0 nitrogen and oxygen atoms in total. The molecule has 0 aliphatic heterocycles. The fourth-order valence-electron chi connectivity index (χ4n) is 3.91. The second-order valence-corrected chi connectivity index (χ2v) is 6.69. The lowest BCUT2D eigenvalue weighted by atomic mass is 9.94. The molecule has 0 N–H and O–H groups in total. The van der Waals surface area contributed by atoms with Crippen molar-refractivity contribution in [1.29, 1.82) is 0 Å². The van der Waals surface area contributed by atoms with Crippen LogP contribution in [-0.4, -0.2) is 0 Å². The minimum absolute atomic E-state index is 0.902. The summed E-state index contributed by atoms with van der Waals surface area (Å²) in [6, 6.07) is 22.2. The van der Waals surface area contributed by atoms with E-state index in [1.54, 1.807) is 0 Å². The van der Waals surface area contributed by atoms with Gasteiger partial charge in [0.25, 0.3) is 0 Å². The van der Waals surface area contributed by atoms with Gasteiger partial charge in [0.2, 0.25) is 0 Å². The molecule has 26 heavy (non-hydrogen) atoms. The molecule has 1 aliphatic carbocycles. The molecule has 0 fully saturated rings. The van der Waals surface area contributed by atoms with Gasteiger partial charge in [-0.15, -0.1) is 0 Å². The molecule has 1 aliphatic rings. The Morgan fingerprint density at radius 3 is 2.38 bits per heavy atom. The highest BCUT2D eigenvalue weighted by molar-refractivity contribution is 6.14. The Balaban J connectivity index is 1.77. The summed E-state index contributed by atoms with van der Waals surface area (Å²) in [6.07, 6.45) is 3.13. The van der Waals surface area contributed by atoms with E-state index in [9.17, 15) is 0 Å². The van der Waals surface area contributed by atoms with Crippen LogP contribution in [0.3, 0.4) is 0 Å². The molecule has 0 bridgehead atoms. The van der Waals surface area contributed by atoms with Crippen molar-refractivity contribution in [3.63, 3.8) is 0 Å². The van der Waals surface area contributed by atoms with Crippen molar-refractivity contribution in [2.45, 2.75) is 13.3 Å². The molecule has 5 rings (SSSR count). The molecule has 0 atom stereocenters. The molecule has 0 amide bonds. The third-order valence-electron chi connectivity index (χ3n) is 5.13. The highest BCUT2D eigenvalue weighted by Crippen LogP contribution is 2.36. The summed E-state index contributed by atoms with van der Waals surface area (Å²) in [5.41, 5.74) is 3.81. The van der Waals surface area contributed by atoms with Gasteiger partial charge in [0.15, 0.2) is 0 Å². The molecule has 0 unspecified atom stereocenters. The van der Waals surface area contributed by atoms with E-state index in [4.69, 9.17) is 0 Å². The summed E-state index contributed by atoms with van der Waals surface area (Å²) < 4.78 is 0. The predicted molar refractivity (Wildman–Crippen MR) is 112 cm³/mol. The van der Waals surface area contributed by atoms with Crippen molar-refractivity contribution in [3.05, 3.63) is 77.4 Å².